The number of ether oxygens (including phenoxy) is 1. The summed E-state index contributed by atoms with van der Waals surface area (Å²) in [6.45, 7) is 3.54. The van der Waals surface area contributed by atoms with E-state index < -0.39 is 0 Å². The van der Waals surface area contributed by atoms with E-state index in [1.165, 1.54) is 49.7 Å². The summed E-state index contributed by atoms with van der Waals surface area (Å²) in [7, 11) is 1.80. The van der Waals surface area contributed by atoms with Gasteiger partial charge < -0.3 is 10.1 Å². The predicted octanol–water partition coefficient (Wildman–Crippen LogP) is 4.41. The highest BCUT2D eigenvalue weighted by atomic mass is 16.5. The minimum atomic E-state index is 0.558. The van der Waals surface area contributed by atoms with Crippen LogP contribution < -0.4 is 10.1 Å². The fourth-order valence-electron chi connectivity index (χ4n) is 3.83. The molecular weight excluding hydrogens is 246 g/mol. The van der Waals surface area contributed by atoms with E-state index in [0.29, 0.717) is 12.0 Å². The zero-order valence-electron chi connectivity index (χ0n) is 12.8. The molecule has 0 aromatic heterocycles. The highest BCUT2D eigenvalue weighted by Gasteiger charge is 2.24. The van der Waals surface area contributed by atoms with Gasteiger partial charge in [0, 0.05) is 6.04 Å². The SMILES string of the molecule is COc1ccc(C2CCCN2)cc1C1CCC(C)CC1. The third kappa shape index (κ3) is 2.85. The van der Waals surface area contributed by atoms with Crippen molar-refractivity contribution < 1.29 is 4.74 Å². The van der Waals surface area contributed by atoms with E-state index in [0.717, 1.165) is 18.2 Å². The van der Waals surface area contributed by atoms with Crippen LogP contribution >= 0.6 is 0 Å². The molecule has 2 aliphatic rings. The number of benzene rings is 1. The molecule has 1 heterocycles. The van der Waals surface area contributed by atoms with Crippen molar-refractivity contribution in [3.63, 3.8) is 0 Å². The summed E-state index contributed by atoms with van der Waals surface area (Å²) < 4.78 is 5.62. The summed E-state index contributed by atoms with van der Waals surface area (Å²) in [5.41, 5.74) is 2.91. The van der Waals surface area contributed by atoms with Crippen molar-refractivity contribution in [3.05, 3.63) is 29.3 Å². The van der Waals surface area contributed by atoms with Gasteiger partial charge in [-0.1, -0.05) is 31.9 Å². The van der Waals surface area contributed by atoms with Gasteiger partial charge in [0.15, 0.2) is 0 Å². The molecule has 0 radical (unpaired) electrons. The molecule has 0 spiro atoms. The van der Waals surface area contributed by atoms with E-state index >= 15 is 0 Å². The minimum Gasteiger partial charge on any atom is -0.496 e. The maximum atomic E-state index is 5.62. The Kier molecular flexibility index (Phi) is 4.30. The maximum absolute atomic E-state index is 5.62. The van der Waals surface area contributed by atoms with Gasteiger partial charge in [-0.3, -0.25) is 0 Å². The molecule has 2 fully saturated rings. The number of hydrogen-bond donors (Lipinski definition) is 1. The summed E-state index contributed by atoms with van der Waals surface area (Å²) in [6, 6.07) is 7.41. The molecule has 1 unspecified atom stereocenters. The lowest BCUT2D eigenvalue weighted by molar-refractivity contribution is 0.336. The molecule has 110 valence electrons. The predicted molar refractivity (Wildman–Crippen MR) is 83.3 cm³/mol. The second-order valence-electron chi connectivity index (χ2n) is 6.61. The molecule has 2 nitrogen and oxygen atoms in total. The monoisotopic (exact) mass is 273 g/mol. The van der Waals surface area contributed by atoms with Crippen LogP contribution in [0.2, 0.25) is 0 Å². The molecule has 1 N–H and O–H groups in total. The summed E-state index contributed by atoms with van der Waals surface area (Å²) in [5, 5.41) is 3.61. The van der Waals surface area contributed by atoms with E-state index in [1.807, 2.05) is 0 Å². The number of hydrogen-bond acceptors (Lipinski definition) is 2. The van der Waals surface area contributed by atoms with Crippen LogP contribution in [0, 0.1) is 5.92 Å². The number of nitrogens with one attached hydrogen (secondary N) is 1. The van der Waals surface area contributed by atoms with Gasteiger partial charge in [0.25, 0.3) is 0 Å². The molecule has 1 atom stereocenters. The highest BCUT2D eigenvalue weighted by molar-refractivity contribution is 5.41. The van der Waals surface area contributed by atoms with Gasteiger partial charge in [0.1, 0.15) is 5.75 Å². The molecule has 0 amide bonds. The second kappa shape index (κ2) is 6.17. The van der Waals surface area contributed by atoms with E-state index in [2.05, 4.69) is 30.4 Å². The van der Waals surface area contributed by atoms with Crippen molar-refractivity contribution >= 4 is 0 Å². The van der Waals surface area contributed by atoms with Crippen molar-refractivity contribution in [1.82, 2.24) is 5.32 Å². The van der Waals surface area contributed by atoms with E-state index in [9.17, 15) is 0 Å². The first-order valence-electron chi connectivity index (χ1n) is 8.19. The van der Waals surface area contributed by atoms with Gasteiger partial charge in [0.05, 0.1) is 7.11 Å². The molecule has 20 heavy (non-hydrogen) atoms. The Morgan fingerprint density at radius 1 is 1.10 bits per heavy atom. The minimum absolute atomic E-state index is 0.558. The van der Waals surface area contributed by atoms with Crippen molar-refractivity contribution in [3.8, 4) is 5.75 Å². The summed E-state index contributed by atoms with van der Waals surface area (Å²) in [5.74, 6) is 2.69. The smallest absolute Gasteiger partial charge is 0.122 e. The third-order valence-electron chi connectivity index (χ3n) is 5.17. The van der Waals surface area contributed by atoms with Gasteiger partial charge in [-0.05, 0) is 61.3 Å². The van der Waals surface area contributed by atoms with Crippen LogP contribution in [-0.4, -0.2) is 13.7 Å². The Hall–Kier alpha value is -1.02. The Bertz CT molecular complexity index is 443. The fourth-order valence-corrected chi connectivity index (χ4v) is 3.83. The average molecular weight is 273 g/mol. The molecule has 0 bridgehead atoms. The molecular formula is C18H27NO. The largest absolute Gasteiger partial charge is 0.496 e. The zero-order chi connectivity index (χ0) is 13.9. The quantitative estimate of drug-likeness (QED) is 0.880. The zero-order valence-corrected chi connectivity index (χ0v) is 12.8. The highest BCUT2D eigenvalue weighted by Crippen LogP contribution is 2.40. The summed E-state index contributed by atoms with van der Waals surface area (Å²) >= 11 is 0. The van der Waals surface area contributed by atoms with Gasteiger partial charge >= 0.3 is 0 Å². The first-order valence-corrected chi connectivity index (χ1v) is 8.19. The lowest BCUT2D eigenvalue weighted by Crippen LogP contribution is -2.15. The van der Waals surface area contributed by atoms with Crippen LogP contribution in [0.3, 0.4) is 0 Å². The summed E-state index contributed by atoms with van der Waals surface area (Å²) in [6.07, 6.45) is 7.93. The number of rotatable bonds is 3. The van der Waals surface area contributed by atoms with Crippen molar-refractivity contribution in [1.29, 1.82) is 0 Å². The Morgan fingerprint density at radius 2 is 1.90 bits per heavy atom. The van der Waals surface area contributed by atoms with Crippen LogP contribution in [0.25, 0.3) is 0 Å². The molecule has 1 aromatic rings. The third-order valence-corrected chi connectivity index (χ3v) is 5.17. The normalized spacial score (nSPS) is 30.4. The van der Waals surface area contributed by atoms with Gasteiger partial charge in [-0.2, -0.15) is 0 Å². The van der Waals surface area contributed by atoms with Crippen LogP contribution in [0.15, 0.2) is 18.2 Å². The molecule has 1 saturated heterocycles. The van der Waals surface area contributed by atoms with Gasteiger partial charge in [-0.15, -0.1) is 0 Å². The first-order chi connectivity index (χ1) is 9.78. The van der Waals surface area contributed by atoms with E-state index in [4.69, 9.17) is 4.74 Å². The van der Waals surface area contributed by atoms with Crippen LogP contribution in [0.1, 0.15) is 68.5 Å². The molecule has 1 saturated carbocycles. The van der Waals surface area contributed by atoms with Crippen molar-refractivity contribution in [2.24, 2.45) is 5.92 Å². The Morgan fingerprint density at radius 3 is 2.55 bits per heavy atom. The van der Waals surface area contributed by atoms with Gasteiger partial charge in [0.2, 0.25) is 0 Å². The van der Waals surface area contributed by atoms with E-state index in [1.54, 1.807) is 7.11 Å². The lowest BCUT2D eigenvalue weighted by Gasteiger charge is -2.28. The van der Waals surface area contributed by atoms with Crippen molar-refractivity contribution in [2.75, 3.05) is 13.7 Å². The molecule has 1 aromatic carbocycles. The molecule has 1 aliphatic heterocycles. The summed E-state index contributed by atoms with van der Waals surface area (Å²) in [4.78, 5) is 0. The van der Waals surface area contributed by atoms with Crippen LogP contribution in [-0.2, 0) is 0 Å². The lowest BCUT2D eigenvalue weighted by atomic mass is 9.78. The fraction of sp³-hybridized carbons (Fsp3) is 0.667. The molecule has 1 aliphatic carbocycles. The Labute approximate surface area is 122 Å². The van der Waals surface area contributed by atoms with Crippen LogP contribution in [0.5, 0.6) is 5.75 Å². The van der Waals surface area contributed by atoms with E-state index in [-0.39, 0.29) is 0 Å². The second-order valence-corrected chi connectivity index (χ2v) is 6.61. The van der Waals surface area contributed by atoms with Gasteiger partial charge in [-0.25, -0.2) is 0 Å². The molecule has 3 rings (SSSR count). The molecule has 2 heteroatoms. The number of methoxy groups -OCH3 is 1. The average Bonchev–Trinajstić information content (AvgIpc) is 3.02. The topological polar surface area (TPSA) is 21.3 Å². The Balaban J connectivity index is 1.84. The first kappa shape index (κ1) is 13.9. The standard InChI is InChI=1S/C18H27NO/c1-13-5-7-14(8-6-13)16-12-15(9-10-18(16)20-2)17-4-3-11-19-17/h9-10,12-14,17,19H,3-8,11H2,1-2H3. The van der Waals surface area contributed by atoms with Crippen LogP contribution in [0.4, 0.5) is 0 Å². The maximum Gasteiger partial charge on any atom is 0.122 e. The van der Waals surface area contributed by atoms with Crippen molar-refractivity contribution in [2.45, 2.75) is 57.4 Å².